The summed E-state index contributed by atoms with van der Waals surface area (Å²) in [5, 5.41) is 3.69. The predicted molar refractivity (Wildman–Crippen MR) is 103 cm³/mol. The number of hydrogen-bond acceptors (Lipinski definition) is 4. The van der Waals surface area contributed by atoms with E-state index in [2.05, 4.69) is 58.5 Å². The molecule has 2 heterocycles. The van der Waals surface area contributed by atoms with Crippen LogP contribution < -0.4 is 15.0 Å². The van der Waals surface area contributed by atoms with Crippen LogP contribution in [0, 0.1) is 0 Å². The highest BCUT2D eigenvalue weighted by molar-refractivity contribution is 5.38. The summed E-state index contributed by atoms with van der Waals surface area (Å²) in [6.07, 6.45) is 6.47. The van der Waals surface area contributed by atoms with Crippen molar-refractivity contribution in [2.75, 3.05) is 24.6 Å². The maximum absolute atomic E-state index is 5.72. The Morgan fingerprint density at radius 2 is 1.92 bits per heavy atom. The van der Waals surface area contributed by atoms with Gasteiger partial charge in [-0.05, 0) is 49.1 Å². The average Bonchev–Trinajstić information content (AvgIpc) is 2.69. The number of pyridine rings is 1. The lowest BCUT2D eigenvalue weighted by molar-refractivity contribution is 0.309. The van der Waals surface area contributed by atoms with Gasteiger partial charge in [0.1, 0.15) is 11.6 Å². The van der Waals surface area contributed by atoms with E-state index in [1.54, 1.807) is 0 Å². The molecular formula is C21H29N3O. The van der Waals surface area contributed by atoms with Crippen molar-refractivity contribution >= 4 is 5.82 Å². The number of piperidine rings is 1. The number of hydrogen-bond donors (Lipinski definition) is 1. The minimum absolute atomic E-state index is 0.584. The third-order valence-electron chi connectivity index (χ3n) is 4.75. The van der Waals surface area contributed by atoms with Gasteiger partial charge in [0, 0.05) is 31.9 Å². The topological polar surface area (TPSA) is 37.4 Å². The molecule has 1 N–H and O–H groups in total. The normalized spacial score (nSPS) is 15.3. The van der Waals surface area contributed by atoms with Crippen molar-refractivity contribution < 1.29 is 4.74 Å². The van der Waals surface area contributed by atoms with Crippen LogP contribution >= 0.6 is 0 Å². The number of benzene rings is 1. The van der Waals surface area contributed by atoms with Gasteiger partial charge in [0.15, 0.2) is 0 Å². The first kappa shape index (κ1) is 17.7. The second-order valence-corrected chi connectivity index (χ2v) is 6.68. The Morgan fingerprint density at radius 1 is 1.12 bits per heavy atom. The summed E-state index contributed by atoms with van der Waals surface area (Å²) >= 11 is 0. The first-order valence-corrected chi connectivity index (χ1v) is 9.46. The van der Waals surface area contributed by atoms with Gasteiger partial charge in [0.05, 0.1) is 6.61 Å². The molecule has 0 amide bonds. The summed E-state index contributed by atoms with van der Waals surface area (Å²) in [5.41, 5.74) is 1.31. The Balaban J connectivity index is 1.39. The summed E-state index contributed by atoms with van der Waals surface area (Å²) in [4.78, 5) is 6.83. The van der Waals surface area contributed by atoms with Crippen LogP contribution in [0.2, 0.25) is 0 Å². The molecule has 0 unspecified atom stereocenters. The average molecular weight is 339 g/mol. The van der Waals surface area contributed by atoms with E-state index in [-0.39, 0.29) is 0 Å². The molecule has 1 saturated heterocycles. The smallest absolute Gasteiger partial charge is 0.128 e. The van der Waals surface area contributed by atoms with E-state index in [0.717, 1.165) is 57.1 Å². The van der Waals surface area contributed by atoms with Gasteiger partial charge in [0.2, 0.25) is 0 Å². The second kappa shape index (κ2) is 9.42. The zero-order valence-corrected chi connectivity index (χ0v) is 15.2. The molecule has 0 radical (unpaired) electrons. The largest absolute Gasteiger partial charge is 0.494 e. The molecule has 2 aromatic rings. The van der Waals surface area contributed by atoms with Gasteiger partial charge >= 0.3 is 0 Å². The highest BCUT2D eigenvalue weighted by Crippen LogP contribution is 2.18. The molecule has 1 aliphatic rings. The van der Waals surface area contributed by atoms with Crippen LogP contribution in [-0.2, 0) is 6.54 Å². The summed E-state index contributed by atoms with van der Waals surface area (Å²) < 4.78 is 5.72. The molecule has 0 spiro atoms. The fraction of sp³-hybridized carbons (Fsp3) is 0.476. The zero-order valence-electron chi connectivity index (χ0n) is 15.2. The Bertz CT molecular complexity index is 607. The number of unbranched alkanes of at least 4 members (excludes halogenated alkanes) is 1. The van der Waals surface area contributed by atoms with Crippen LogP contribution in [0.4, 0.5) is 5.82 Å². The lowest BCUT2D eigenvalue weighted by atomic mass is 10.0. The van der Waals surface area contributed by atoms with Crippen LogP contribution in [0.3, 0.4) is 0 Å². The molecule has 0 saturated carbocycles. The molecule has 0 aliphatic carbocycles. The quantitative estimate of drug-likeness (QED) is 0.737. The Morgan fingerprint density at radius 3 is 2.60 bits per heavy atom. The molecule has 4 heteroatoms. The van der Waals surface area contributed by atoms with Gasteiger partial charge in [-0.1, -0.05) is 31.5 Å². The number of rotatable bonds is 8. The minimum atomic E-state index is 0.584. The summed E-state index contributed by atoms with van der Waals surface area (Å²) in [6.45, 7) is 6.04. The van der Waals surface area contributed by atoms with Crippen LogP contribution in [0.1, 0.15) is 38.2 Å². The minimum Gasteiger partial charge on any atom is -0.494 e. The van der Waals surface area contributed by atoms with Crippen molar-refractivity contribution in [2.45, 2.75) is 45.2 Å². The molecule has 25 heavy (non-hydrogen) atoms. The van der Waals surface area contributed by atoms with Gasteiger partial charge in [-0.15, -0.1) is 0 Å². The maximum Gasteiger partial charge on any atom is 0.128 e. The van der Waals surface area contributed by atoms with Crippen LogP contribution in [0.25, 0.3) is 0 Å². The molecule has 1 fully saturated rings. The first-order chi connectivity index (χ1) is 12.3. The van der Waals surface area contributed by atoms with Gasteiger partial charge < -0.3 is 15.0 Å². The second-order valence-electron chi connectivity index (χ2n) is 6.68. The van der Waals surface area contributed by atoms with Gasteiger partial charge in [-0.25, -0.2) is 4.98 Å². The van der Waals surface area contributed by atoms with E-state index in [4.69, 9.17) is 4.74 Å². The standard InChI is InChI=1S/C21H29N3O/c1-2-3-16-25-20-9-7-18(8-10-20)17-23-19-11-14-24(15-12-19)21-6-4-5-13-22-21/h4-10,13,19,23H,2-3,11-12,14-17H2,1H3. The van der Waals surface area contributed by atoms with Crippen molar-refractivity contribution in [3.05, 3.63) is 54.2 Å². The predicted octanol–water partition coefficient (Wildman–Crippen LogP) is 4.02. The van der Waals surface area contributed by atoms with E-state index in [0.29, 0.717) is 6.04 Å². The van der Waals surface area contributed by atoms with Crippen LogP contribution in [0.5, 0.6) is 5.75 Å². The Labute approximate surface area is 151 Å². The van der Waals surface area contributed by atoms with Gasteiger partial charge in [-0.2, -0.15) is 0 Å². The SMILES string of the molecule is CCCCOc1ccc(CNC2CCN(c3ccccn3)CC2)cc1. The van der Waals surface area contributed by atoms with Crippen molar-refractivity contribution in [3.8, 4) is 5.75 Å². The number of aromatic nitrogens is 1. The van der Waals surface area contributed by atoms with Crippen molar-refractivity contribution in [1.29, 1.82) is 0 Å². The van der Waals surface area contributed by atoms with E-state index in [1.165, 1.54) is 12.0 Å². The number of nitrogens with zero attached hydrogens (tertiary/aromatic N) is 2. The lowest BCUT2D eigenvalue weighted by Gasteiger charge is -2.33. The summed E-state index contributed by atoms with van der Waals surface area (Å²) in [7, 11) is 0. The van der Waals surface area contributed by atoms with Crippen molar-refractivity contribution in [3.63, 3.8) is 0 Å². The molecular weight excluding hydrogens is 310 g/mol. The molecule has 0 atom stereocenters. The molecule has 4 nitrogen and oxygen atoms in total. The van der Waals surface area contributed by atoms with E-state index in [1.807, 2.05) is 12.3 Å². The van der Waals surface area contributed by atoms with Crippen LogP contribution in [-0.4, -0.2) is 30.7 Å². The lowest BCUT2D eigenvalue weighted by Crippen LogP contribution is -2.42. The monoisotopic (exact) mass is 339 g/mol. The van der Waals surface area contributed by atoms with Crippen molar-refractivity contribution in [2.24, 2.45) is 0 Å². The van der Waals surface area contributed by atoms with E-state index >= 15 is 0 Å². The fourth-order valence-corrected chi connectivity index (χ4v) is 3.15. The molecule has 1 aromatic heterocycles. The van der Waals surface area contributed by atoms with Gasteiger partial charge in [-0.3, -0.25) is 0 Å². The van der Waals surface area contributed by atoms with Crippen LogP contribution in [0.15, 0.2) is 48.7 Å². The molecule has 1 aromatic carbocycles. The first-order valence-electron chi connectivity index (χ1n) is 9.46. The van der Waals surface area contributed by atoms with E-state index < -0.39 is 0 Å². The molecule has 3 rings (SSSR count). The Kier molecular flexibility index (Phi) is 6.69. The van der Waals surface area contributed by atoms with Gasteiger partial charge in [0.25, 0.3) is 0 Å². The fourth-order valence-electron chi connectivity index (χ4n) is 3.15. The third-order valence-corrected chi connectivity index (χ3v) is 4.75. The highest BCUT2D eigenvalue weighted by Gasteiger charge is 2.19. The molecule has 134 valence electrons. The maximum atomic E-state index is 5.72. The number of ether oxygens (including phenoxy) is 1. The number of anilines is 1. The van der Waals surface area contributed by atoms with Crippen molar-refractivity contribution in [1.82, 2.24) is 10.3 Å². The highest BCUT2D eigenvalue weighted by atomic mass is 16.5. The zero-order chi connectivity index (χ0) is 17.3. The molecule has 0 bridgehead atoms. The summed E-state index contributed by atoms with van der Waals surface area (Å²) in [5.74, 6) is 2.07. The van der Waals surface area contributed by atoms with E-state index in [9.17, 15) is 0 Å². The number of nitrogens with one attached hydrogen (secondary N) is 1. The summed E-state index contributed by atoms with van der Waals surface area (Å²) in [6, 6.07) is 15.2. The third kappa shape index (κ3) is 5.46. The Hall–Kier alpha value is -2.07. The molecule has 1 aliphatic heterocycles.